The zero-order valence-electron chi connectivity index (χ0n) is 13.6. The Kier molecular flexibility index (Phi) is 5.46. The van der Waals surface area contributed by atoms with E-state index in [2.05, 4.69) is 26.6 Å². The maximum absolute atomic E-state index is 12.3. The summed E-state index contributed by atoms with van der Waals surface area (Å²) in [6.07, 6.45) is 10.6. The van der Waals surface area contributed by atoms with Gasteiger partial charge in [-0.05, 0) is 37.2 Å². The standard InChI is InChI=1S/C19H25N3O/c23-19(7-6-17-4-2-1-3-5-17)22-13-9-18(10-14-22)8-12-21-15-11-20-16-21/h1-5,11,15-16,18H,6-10,12-14H2. The van der Waals surface area contributed by atoms with Gasteiger partial charge in [-0.2, -0.15) is 0 Å². The van der Waals surface area contributed by atoms with Gasteiger partial charge in [-0.1, -0.05) is 30.3 Å². The lowest BCUT2D eigenvalue weighted by atomic mass is 9.93. The number of carbonyl (C=O) groups excluding carboxylic acids is 1. The second-order valence-corrected chi connectivity index (χ2v) is 6.40. The zero-order valence-corrected chi connectivity index (χ0v) is 13.6. The van der Waals surface area contributed by atoms with Gasteiger partial charge in [0.1, 0.15) is 0 Å². The van der Waals surface area contributed by atoms with Crippen molar-refractivity contribution in [2.75, 3.05) is 13.1 Å². The molecular weight excluding hydrogens is 286 g/mol. The van der Waals surface area contributed by atoms with Crippen LogP contribution >= 0.6 is 0 Å². The van der Waals surface area contributed by atoms with Crippen LogP contribution in [-0.4, -0.2) is 33.4 Å². The molecule has 0 radical (unpaired) electrons. The van der Waals surface area contributed by atoms with Crippen LogP contribution < -0.4 is 0 Å². The number of aromatic nitrogens is 2. The molecule has 2 heterocycles. The lowest BCUT2D eigenvalue weighted by Gasteiger charge is -2.32. The first-order valence-corrected chi connectivity index (χ1v) is 8.59. The number of likely N-dealkylation sites (tertiary alicyclic amines) is 1. The highest BCUT2D eigenvalue weighted by Gasteiger charge is 2.22. The molecule has 1 aliphatic heterocycles. The first-order chi connectivity index (χ1) is 11.3. The van der Waals surface area contributed by atoms with Crippen LogP contribution in [0.3, 0.4) is 0 Å². The highest BCUT2D eigenvalue weighted by Crippen LogP contribution is 2.22. The van der Waals surface area contributed by atoms with E-state index in [9.17, 15) is 4.79 Å². The van der Waals surface area contributed by atoms with E-state index in [-0.39, 0.29) is 0 Å². The monoisotopic (exact) mass is 311 g/mol. The maximum atomic E-state index is 12.3. The van der Waals surface area contributed by atoms with Crippen LogP contribution in [0.25, 0.3) is 0 Å². The number of hydrogen-bond acceptors (Lipinski definition) is 2. The van der Waals surface area contributed by atoms with Gasteiger partial charge in [-0.3, -0.25) is 4.79 Å². The van der Waals surface area contributed by atoms with Gasteiger partial charge >= 0.3 is 0 Å². The summed E-state index contributed by atoms with van der Waals surface area (Å²) in [6.45, 7) is 2.87. The summed E-state index contributed by atoms with van der Waals surface area (Å²) >= 11 is 0. The second-order valence-electron chi connectivity index (χ2n) is 6.40. The molecule has 1 fully saturated rings. The molecular formula is C19H25N3O. The minimum absolute atomic E-state index is 0.307. The van der Waals surface area contributed by atoms with E-state index in [1.54, 1.807) is 0 Å². The fraction of sp³-hybridized carbons (Fsp3) is 0.474. The Balaban J connectivity index is 1.37. The number of amides is 1. The van der Waals surface area contributed by atoms with Gasteiger partial charge in [0.05, 0.1) is 6.33 Å². The van der Waals surface area contributed by atoms with Crippen molar-refractivity contribution in [3.05, 3.63) is 54.6 Å². The summed E-state index contributed by atoms with van der Waals surface area (Å²) in [7, 11) is 0. The lowest BCUT2D eigenvalue weighted by Crippen LogP contribution is -2.38. The lowest BCUT2D eigenvalue weighted by molar-refractivity contribution is -0.132. The van der Waals surface area contributed by atoms with Crippen molar-refractivity contribution in [1.82, 2.24) is 14.5 Å². The smallest absolute Gasteiger partial charge is 0.222 e. The molecule has 1 aromatic heterocycles. The molecule has 0 aliphatic carbocycles. The van der Waals surface area contributed by atoms with E-state index >= 15 is 0 Å². The normalized spacial score (nSPS) is 15.7. The van der Waals surface area contributed by atoms with Gasteiger partial charge < -0.3 is 9.47 Å². The third kappa shape index (κ3) is 4.68. The third-order valence-corrected chi connectivity index (χ3v) is 4.79. The SMILES string of the molecule is O=C(CCc1ccccc1)N1CCC(CCn2ccnc2)CC1. The summed E-state index contributed by atoms with van der Waals surface area (Å²) in [4.78, 5) is 18.5. The Hall–Kier alpha value is -2.10. The minimum Gasteiger partial charge on any atom is -0.343 e. The molecule has 4 heteroatoms. The number of carbonyl (C=O) groups is 1. The van der Waals surface area contributed by atoms with Crippen molar-refractivity contribution in [3.8, 4) is 0 Å². The largest absolute Gasteiger partial charge is 0.343 e. The van der Waals surface area contributed by atoms with Gasteiger partial charge in [-0.25, -0.2) is 4.98 Å². The molecule has 1 aliphatic rings. The van der Waals surface area contributed by atoms with E-state index in [1.807, 2.05) is 36.9 Å². The Labute approximate surface area is 138 Å². The Bertz CT molecular complexity index is 586. The first kappa shape index (κ1) is 15.8. The number of imidazole rings is 1. The van der Waals surface area contributed by atoms with Crippen LogP contribution in [0.15, 0.2) is 49.1 Å². The quantitative estimate of drug-likeness (QED) is 0.822. The molecule has 4 nitrogen and oxygen atoms in total. The summed E-state index contributed by atoms with van der Waals surface area (Å²) in [6, 6.07) is 10.3. The molecule has 0 N–H and O–H groups in total. The molecule has 23 heavy (non-hydrogen) atoms. The molecule has 0 atom stereocenters. The number of hydrogen-bond donors (Lipinski definition) is 0. The number of piperidine rings is 1. The molecule has 3 rings (SSSR count). The molecule has 1 aromatic carbocycles. The number of benzene rings is 1. The molecule has 0 bridgehead atoms. The van der Waals surface area contributed by atoms with Crippen molar-refractivity contribution in [3.63, 3.8) is 0 Å². The zero-order chi connectivity index (χ0) is 15.9. The molecule has 0 spiro atoms. The fourth-order valence-corrected chi connectivity index (χ4v) is 3.28. The van der Waals surface area contributed by atoms with Crippen molar-refractivity contribution >= 4 is 5.91 Å². The average Bonchev–Trinajstić information content (AvgIpc) is 3.13. The summed E-state index contributed by atoms with van der Waals surface area (Å²) in [5.74, 6) is 1.04. The van der Waals surface area contributed by atoms with Gasteiger partial charge in [0.25, 0.3) is 0 Å². The van der Waals surface area contributed by atoms with Gasteiger partial charge in [0, 0.05) is 38.4 Å². The highest BCUT2D eigenvalue weighted by molar-refractivity contribution is 5.76. The van der Waals surface area contributed by atoms with Gasteiger partial charge in [0.15, 0.2) is 0 Å². The van der Waals surface area contributed by atoms with E-state index < -0.39 is 0 Å². The third-order valence-electron chi connectivity index (χ3n) is 4.79. The predicted octanol–water partition coefficient (Wildman–Crippen LogP) is 3.14. The van der Waals surface area contributed by atoms with Gasteiger partial charge in [0.2, 0.25) is 5.91 Å². The molecule has 1 amide bonds. The summed E-state index contributed by atoms with van der Waals surface area (Å²) in [5.41, 5.74) is 1.25. The Morgan fingerprint density at radius 2 is 1.96 bits per heavy atom. The van der Waals surface area contributed by atoms with E-state index in [0.29, 0.717) is 12.3 Å². The number of nitrogens with zero attached hydrogens (tertiary/aromatic N) is 3. The van der Waals surface area contributed by atoms with Crippen LogP contribution in [0.5, 0.6) is 0 Å². The fourth-order valence-electron chi connectivity index (χ4n) is 3.28. The molecule has 0 unspecified atom stereocenters. The summed E-state index contributed by atoms with van der Waals surface area (Å²) < 4.78 is 2.14. The predicted molar refractivity (Wildman–Crippen MR) is 90.9 cm³/mol. The number of rotatable bonds is 6. The maximum Gasteiger partial charge on any atom is 0.222 e. The van der Waals surface area contributed by atoms with Crippen molar-refractivity contribution in [2.24, 2.45) is 5.92 Å². The Morgan fingerprint density at radius 3 is 2.65 bits per heavy atom. The Morgan fingerprint density at radius 1 is 1.17 bits per heavy atom. The summed E-state index contributed by atoms with van der Waals surface area (Å²) in [5, 5.41) is 0. The van der Waals surface area contributed by atoms with Crippen LogP contribution in [0.1, 0.15) is 31.2 Å². The molecule has 2 aromatic rings. The minimum atomic E-state index is 0.307. The van der Waals surface area contributed by atoms with Crippen molar-refractivity contribution < 1.29 is 4.79 Å². The van der Waals surface area contributed by atoms with Crippen LogP contribution in [0, 0.1) is 5.92 Å². The highest BCUT2D eigenvalue weighted by atomic mass is 16.2. The van der Waals surface area contributed by atoms with Crippen molar-refractivity contribution in [1.29, 1.82) is 0 Å². The van der Waals surface area contributed by atoms with E-state index in [0.717, 1.165) is 44.8 Å². The van der Waals surface area contributed by atoms with Crippen LogP contribution in [-0.2, 0) is 17.8 Å². The van der Waals surface area contributed by atoms with Crippen LogP contribution in [0.2, 0.25) is 0 Å². The van der Waals surface area contributed by atoms with E-state index in [1.165, 1.54) is 12.0 Å². The molecule has 1 saturated heterocycles. The van der Waals surface area contributed by atoms with Gasteiger partial charge in [-0.15, -0.1) is 0 Å². The second kappa shape index (κ2) is 7.95. The number of aryl methyl sites for hydroxylation is 2. The van der Waals surface area contributed by atoms with Crippen LogP contribution in [0.4, 0.5) is 0 Å². The first-order valence-electron chi connectivity index (χ1n) is 8.59. The van der Waals surface area contributed by atoms with Crippen molar-refractivity contribution in [2.45, 2.75) is 38.6 Å². The average molecular weight is 311 g/mol. The topological polar surface area (TPSA) is 38.1 Å². The molecule has 0 saturated carbocycles. The molecule has 122 valence electrons. The van der Waals surface area contributed by atoms with E-state index in [4.69, 9.17) is 0 Å².